The summed E-state index contributed by atoms with van der Waals surface area (Å²) in [6, 6.07) is 4.47. The number of nitro groups is 1. The van der Waals surface area contributed by atoms with Gasteiger partial charge in [-0.25, -0.2) is 9.97 Å². The van der Waals surface area contributed by atoms with Crippen molar-refractivity contribution in [2.75, 3.05) is 6.61 Å². The average Bonchev–Trinajstić information content (AvgIpc) is 2.86. The monoisotopic (exact) mass is 261 g/mol. The van der Waals surface area contributed by atoms with E-state index in [0.29, 0.717) is 23.9 Å². The summed E-state index contributed by atoms with van der Waals surface area (Å²) in [4.78, 5) is 17.8. The zero-order valence-electron chi connectivity index (χ0n) is 10.1. The van der Waals surface area contributed by atoms with Crippen LogP contribution in [-0.2, 0) is 0 Å². The van der Waals surface area contributed by atoms with Crippen molar-refractivity contribution in [1.82, 2.24) is 9.97 Å². The van der Waals surface area contributed by atoms with Crippen molar-refractivity contribution in [3.63, 3.8) is 0 Å². The van der Waals surface area contributed by atoms with Crippen LogP contribution in [0.15, 0.2) is 28.9 Å². The van der Waals surface area contributed by atoms with E-state index in [1.54, 1.807) is 18.2 Å². The summed E-state index contributed by atoms with van der Waals surface area (Å²) in [5.74, 6) is 0.559. The van der Waals surface area contributed by atoms with Crippen molar-refractivity contribution in [2.24, 2.45) is 0 Å². The Morgan fingerprint density at radius 3 is 2.95 bits per heavy atom. The third kappa shape index (κ3) is 3.38. The van der Waals surface area contributed by atoms with Crippen molar-refractivity contribution in [2.45, 2.75) is 6.92 Å². The molecule has 0 bridgehead atoms. The van der Waals surface area contributed by atoms with E-state index in [0.717, 1.165) is 0 Å². The van der Waals surface area contributed by atoms with Gasteiger partial charge in [0.05, 0.1) is 18.4 Å². The summed E-state index contributed by atoms with van der Waals surface area (Å²) >= 11 is 0. The number of rotatable bonds is 5. The lowest BCUT2D eigenvalue weighted by Gasteiger charge is -2.00. The largest absolute Gasteiger partial charge is 0.478 e. The maximum Gasteiger partial charge on any atom is 0.433 e. The van der Waals surface area contributed by atoms with Crippen molar-refractivity contribution in [3.8, 4) is 5.88 Å². The van der Waals surface area contributed by atoms with Gasteiger partial charge in [0, 0.05) is 6.07 Å². The van der Waals surface area contributed by atoms with Crippen molar-refractivity contribution in [3.05, 3.63) is 46.1 Å². The Balaban J connectivity index is 2.12. The highest BCUT2D eigenvalue weighted by atomic mass is 16.6. The van der Waals surface area contributed by atoms with Gasteiger partial charge in [0.25, 0.3) is 0 Å². The fraction of sp³-hybridized carbons (Fsp3) is 0.167. The SMILES string of the molecule is CCOc1cc(C=Cc2ccc([N+](=O)[O-])o2)ncn1. The molecule has 7 nitrogen and oxygen atoms in total. The molecule has 0 fully saturated rings. The van der Waals surface area contributed by atoms with Gasteiger partial charge in [0.15, 0.2) is 0 Å². The van der Waals surface area contributed by atoms with Gasteiger partial charge in [0.1, 0.15) is 17.0 Å². The van der Waals surface area contributed by atoms with Crippen LogP contribution in [0.1, 0.15) is 18.4 Å². The first-order valence-electron chi connectivity index (χ1n) is 5.56. The second-order valence-corrected chi connectivity index (χ2v) is 3.48. The molecule has 0 saturated heterocycles. The third-order valence-electron chi connectivity index (χ3n) is 2.17. The van der Waals surface area contributed by atoms with E-state index in [1.807, 2.05) is 6.92 Å². The molecule has 0 saturated carbocycles. The minimum atomic E-state index is -0.588. The molecule has 0 spiro atoms. The van der Waals surface area contributed by atoms with Crippen LogP contribution in [0.2, 0.25) is 0 Å². The molecule has 0 unspecified atom stereocenters. The molecule has 2 aromatic heterocycles. The summed E-state index contributed by atoms with van der Waals surface area (Å²) in [6.07, 6.45) is 4.63. The lowest BCUT2D eigenvalue weighted by Crippen LogP contribution is -1.95. The van der Waals surface area contributed by atoms with Crippen LogP contribution in [0.3, 0.4) is 0 Å². The predicted molar refractivity (Wildman–Crippen MR) is 67.5 cm³/mol. The first-order chi connectivity index (χ1) is 9.19. The second-order valence-electron chi connectivity index (χ2n) is 3.48. The third-order valence-corrected chi connectivity index (χ3v) is 2.17. The lowest BCUT2D eigenvalue weighted by molar-refractivity contribution is -0.402. The van der Waals surface area contributed by atoms with Crippen molar-refractivity contribution < 1.29 is 14.1 Å². The summed E-state index contributed by atoms with van der Waals surface area (Å²) in [7, 11) is 0. The number of furan rings is 1. The topological polar surface area (TPSA) is 91.3 Å². The fourth-order valence-electron chi connectivity index (χ4n) is 1.37. The predicted octanol–water partition coefficient (Wildman–Crippen LogP) is 2.55. The number of ether oxygens (including phenoxy) is 1. The molecule has 2 aromatic rings. The average molecular weight is 261 g/mol. The van der Waals surface area contributed by atoms with Crippen molar-refractivity contribution >= 4 is 18.0 Å². The maximum atomic E-state index is 10.5. The van der Waals surface area contributed by atoms with Gasteiger partial charge in [0.2, 0.25) is 5.88 Å². The van der Waals surface area contributed by atoms with Crippen LogP contribution < -0.4 is 4.74 Å². The van der Waals surface area contributed by atoms with Gasteiger partial charge in [-0.2, -0.15) is 0 Å². The fourth-order valence-corrected chi connectivity index (χ4v) is 1.37. The van der Waals surface area contributed by atoms with E-state index in [9.17, 15) is 10.1 Å². The number of nitrogens with zero attached hydrogens (tertiary/aromatic N) is 3. The number of hydrogen-bond acceptors (Lipinski definition) is 6. The molecular formula is C12H11N3O4. The minimum absolute atomic E-state index is 0.294. The summed E-state index contributed by atoms with van der Waals surface area (Å²) in [5, 5.41) is 10.5. The lowest BCUT2D eigenvalue weighted by atomic mass is 10.3. The van der Waals surface area contributed by atoms with Gasteiger partial charge in [-0.1, -0.05) is 0 Å². The van der Waals surface area contributed by atoms with Crippen LogP contribution >= 0.6 is 0 Å². The molecule has 0 aliphatic rings. The van der Waals surface area contributed by atoms with Crippen LogP contribution in [0.4, 0.5) is 5.88 Å². The molecule has 0 amide bonds. The molecule has 0 aliphatic heterocycles. The standard InChI is InChI=1S/C12H11N3O4/c1-2-18-11-7-9(13-8-14-11)3-4-10-5-6-12(19-10)15(16)17/h3-8H,2H2,1H3. The van der Waals surface area contributed by atoms with E-state index in [-0.39, 0.29) is 5.88 Å². The highest BCUT2D eigenvalue weighted by molar-refractivity contribution is 5.66. The van der Waals surface area contributed by atoms with Crippen LogP contribution in [-0.4, -0.2) is 21.5 Å². The van der Waals surface area contributed by atoms with Gasteiger partial charge >= 0.3 is 5.88 Å². The quantitative estimate of drug-likeness (QED) is 0.606. The highest BCUT2D eigenvalue weighted by Crippen LogP contribution is 2.18. The van der Waals surface area contributed by atoms with Crippen LogP contribution in [0.5, 0.6) is 5.88 Å². The molecule has 2 rings (SSSR count). The second kappa shape index (κ2) is 5.76. The molecule has 98 valence electrons. The molecule has 0 aromatic carbocycles. The van der Waals surface area contributed by atoms with Crippen LogP contribution in [0, 0.1) is 10.1 Å². The Hall–Kier alpha value is -2.70. The number of aromatic nitrogens is 2. The number of hydrogen-bond donors (Lipinski definition) is 0. The molecule has 0 atom stereocenters. The van der Waals surface area contributed by atoms with E-state index >= 15 is 0 Å². The molecule has 7 heteroatoms. The Kier molecular flexibility index (Phi) is 3.87. The Bertz CT molecular complexity index is 607. The first kappa shape index (κ1) is 12.7. The van der Waals surface area contributed by atoms with E-state index in [1.165, 1.54) is 18.5 Å². The van der Waals surface area contributed by atoms with Gasteiger partial charge < -0.3 is 9.15 Å². The van der Waals surface area contributed by atoms with Gasteiger partial charge in [-0.05, 0) is 25.1 Å². The molecule has 19 heavy (non-hydrogen) atoms. The zero-order chi connectivity index (χ0) is 13.7. The molecule has 0 N–H and O–H groups in total. The van der Waals surface area contributed by atoms with Gasteiger partial charge in [-0.15, -0.1) is 0 Å². The van der Waals surface area contributed by atoms with Crippen LogP contribution in [0.25, 0.3) is 12.2 Å². The Morgan fingerprint density at radius 2 is 2.26 bits per heavy atom. The molecular weight excluding hydrogens is 250 g/mol. The Labute approximate surface area is 108 Å². The summed E-state index contributed by atoms with van der Waals surface area (Å²) in [6.45, 7) is 2.38. The minimum Gasteiger partial charge on any atom is -0.478 e. The molecule has 0 aliphatic carbocycles. The zero-order valence-corrected chi connectivity index (χ0v) is 10.1. The van der Waals surface area contributed by atoms with E-state index < -0.39 is 4.92 Å². The smallest absolute Gasteiger partial charge is 0.433 e. The summed E-state index contributed by atoms with van der Waals surface area (Å²) < 4.78 is 10.2. The molecule has 0 radical (unpaired) electrons. The van der Waals surface area contributed by atoms with Gasteiger partial charge in [-0.3, -0.25) is 10.1 Å². The summed E-state index contributed by atoms with van der Waals surface area (Å²) in [5.41, 5.74) is 0.623. The Morgan fingerprint density at radius 1 is 1.42 bits per heavy atom. The maximum absolute atomic E-state index is 10.5. The van der Waals surface area contributed by atoms with Crippen molar-refractivity contribution in [1.29, 1.82) is 0 Å². The van der Waals surface area contributed by atoms with E-state index in [2.05, 4.69) is 9.97 Å². The first-order valence-corrected chi connectivity index (χ1v) is 5.56. The normalized spacial score (nSPS) is 10.8. The van der Waals surface area contributed by atoms with E-state index in [4.69, 9.17) is 9.15 Å². The molecule has 2 heterocycles. The highest BCUT2D eigenvalue weighted by Gasteiger charge is 2.09.